The normalized spacial score (nSPS) is 20.0. The molecule has 0 spiro atoms. The van der Waals surface area contributed by atoms with Crippen LogP contribution in [0.1, 0.15) is 30.4 Å². The highest BCUT2D eigenvalue weighted by Crippen LogP contribution is 2.22. The van der Waals surface area contributed by atoms with Crippen molar-refractivity contribution in [3.63, 3.8) is 0 Å². The second-order valence-corrected chi connectivity index (χ2v) is 6.93. The van der Waals surface area contributed by atoms with E-state index in [-0.39, 0.29) is 0 Å². The van der Waals surface area contributed by atoms with Gasteiger partial charge in [-0.25, -0.2) is 0 Å². The highest BCUT2D eigenvalue weighted by Gasteiger charge is 2.15. The molecule has 126 valence electrons. The van der Waals surface area contributed by atoms with Crippen molar-refractivity contribution in [3.8, 4) is 5.75 Å². The van der Waals surface area contributed by atoms with Crippen LogP contribution < -0.4 is 15.0 Å². The number of ether oxygens (including phenoxy) is 1. The summed E-state index contributed by atoms with van der Waals surface area (Å²) >= 11 is 0. The minimum Gasteiger partial charge on any atom is -0.492 e. The van der Waals surface area contributed by atoms with Gasteiger partial charge >= 0.3 is 0 Å². The standard InChI is InChI=1S/C21H26N2O/c1-3-19(22-12-1)16-24-21-10-6-18(7-11-21)15-17-4-8-20(9-5-17)23-13-2-14-23/h4-11,19,22H,1-3,12-16H2. The topological polar surface area (TPSA) is 24.5 Å². The van der Waals surface area contributed by atoms with Gasteiger partial charge in [0.25, 0.3) is 0 Å². The van der Waals surface area contributed by atoms with Crippen molar-refractivity contribution in [2.45, 2.75) is 31.7 Å². The molecular weight excluding hydrogens is 296 g/mol. The third-order valence-corrected chi connectivity index (χ3v) is 5.10. The molecule has 24 heavy (non-hydrogen) atoms. The van der Waals surface area contributed by atoms with Crippen LogP contribution >= 0.6 is 0 Å². The maximum atomic E-state index is 5.89. The second-order valence-electron chi connectivity index (χ2n) is 6.93. The van der Waals surface area contributed by atoms with Gasteiger partial charge in [0.1, 0.15) is 12.4 Å². The quantitative estimate of drug-likeness (QED) is 0.879. The molecular formula is C21H26N2O. The Kier molecular flexibility index (Phi) is 4.70. The molecule has 0 bridgehead atoms. The Morgan fingerprint density at radius 1 is 0.917 bits per heavy atom. The lowest BCUT2D eigenvalue weighted by Gasteiger charge is -2.33. The van der Waals surface area contributed by atoms with Crippen LogP contribution in [-0.2, 0) is 6.42 Å². The molecule has 1 unspecified atom stereocenters. The molecule has 2 fully saturated rings. The predicted octanol–water partition coefficient (Wildman–Crippen LogP) is 3.62. The Morgan fingerprint density at radius 2 is 1.62 bits per heavy atom. The van der Waals surface area contributed by atoms with Crippen LogP contribution in [0.2, 0.25) is 0 Å². The first-order valence-electron chi connectivity index (χ1n) is 9.16. The first-order valence-corrected chi connectivity index (χ1v) is 9.16. The lowest BCUT2D eigenvalue weighted by atomic mass is 10.0. The number of anilines is 1. The molecule has 2 aromatic rings. The molecule has 2 aromatic carbocycles. The third-order valence-electron chi connectivity index (χ3n) is 5.10. The Bertz CT molecular complexity index is 641. The Balaban J connectivity index is 1.31. The highest BCUT2D eigenvalue weighted by atomic mass is 16.5. The van der Waals surface area contributed by atoms with E-state index in [1.807, 2.05) is 0 Å². The molecule has 2 heterocycles. The first-order chi connectivity index (χ1) is 11.9. The average molecular weight is 322 g/mol. The molecule has 0 radical (unpaired) electrons. The van der Waals surface area contributed by atoms with Crippen LogP contribution in [-0.4, -0.2) is 32.3 Å². The largest absolute Gasteiger partial charge is 0.492 e. The van der Waals surface area contributed by atoms with E-state index in [1.54, 1.807) is 0 Å². The van der Waals surface area contributed by atoms with Crippen LogP contribution in [0.25, 0.3) is 0 Å². The van der Waals surface area contributed by atoms with Gasteiger partial charge in [0, 0.05) is 24.8 Å². The summed E-state index contributed by atoms with van der Waals surface area (Å²) in [6, 6.07) is 18.1. The van der Waals surface area contributed by atoms with Gasteiger partial charge < -0.3 is 15.0 Å². The fourth-order valence-electron chi connectivity index (χ4n) is 3.43. The number of nitrogens with one attached hydrogen (secondary N) is 1. The van der Waals surface area contributed by atoms with Crippen molar-refractivity contribution in [1.82, 2.24) is 5.32 Å². The molecule has 0 saturated carbocycles. The maximum absolute atomic E-state index is 5.89. The zero-order valence-corrected chi connectivity index (χ0v) is 14.2. The van der Waals surface area contributed by atoms with Crippen LogP contribution in [0, 0.1) is 0 Å². The van der Waals surface area contributed by atoms with Crippen molar-refractivity contribution >= 4 is 5.69 Å². The number of nitrogens with zero attached hydrogens (tertiary/aromatic N) is 1. The molecule has 2 saturated heterocycles. The molecule has 1 N–H and O–H groups in total. The SMILES string of the molecule is c1cc(OCC2CCCN2)ccc1Cc1ccc(N2CCC2)cc1. The maximum Gasteiger partial charge on any atom is 0.119 e. The monoisotopic (exact) mass is 322 g/mol. The summed E-state index contributed by atoms with van der Waals surface area (Å²) in [5.74, 6) is 0.973. The Morgan fingerprint density at radius 3 is 2.21 bits per heavy atom. The van der Waals surface area contributed by atoms with Gasteiger partial charge in [0.15, 0.2) is 0 Å². The van der Waals surface area contributed by atoms with Crippen molar-refractivity contribution < 1.29 is 4.74 Å². The van der Waals surface area contributed by atoms with Gasteiger partial charge in [0.2, 0.25) is 0 Å². The number of rotatable bonds is 6. The molecule has 1 atom stereocenters. The fourth-order valence-corrected chi connectivity index (χ4v) is 3.43. The molecule has 0 aliphatic carbocycles. The van der Waals surface area contributed by atoms with E-state index in [9.17, 15) is 0 Å². The Labute approximate surface area is 144 Å². The van der Waals surface area contributed by atoms with Gasteiger partial charge in [-0.3, -0.25) is 0 Å². The summed E-state index contributed by atoms with van der Waals surface area (Å²) in [7, 11) is 0. The highest BCUT2D eigenvalue weighted by molar-refractivity contribution is 5.49. The molecule has 4 rings (SSSR count). The van der Waals surface area contributed by atoms with Crippen LogP contribution in [0.4, 0.5) is 5.69 Å². The van der Waals surface area contributed by atoms with Gasteiger partial charge in [0.05, 0.1) is 0 Å². The first kappa shape index (κ1) is 15.5. The van der Waals surface area contributed by atoms with Crippen molar-refractivity contribution in [2.75, 3.05) is 31.1 Å². The third kappa shape index (κ3) is 3.73. The summed E-state index contributed by atoms with van der Waals surface area (Å²) in [4.78, 5) is 2.43. The number of hydrogen-bond acceptors (Lipinski definition) is 3. The lowest BCUT2D eigenvalue weighted by Crippen LogP contribution is -2.36. The van der Waals surface area contributed by atoms with E-state index in [0.29, 0.717) is 6.04 Å². The molecule has 0 amide bonds. The van der Waals surface area contributed by atoms with E-state index in [2.05, 4.69) is 58.7 Å². The van der Waals surface area contributed by atoms with Crippen molar-refractivity contribution in [1.29, 1.82) is 0 Å². The number of benzene rings is 2. The molecule has 2 aliphatic heterocycles. The van der Waals surface area contributed by atoms with Gasteiger partial charge in [-0.05, 0) is 67.6 Å². The van der Waals surface area contributed by atoms with Gasteiger partial charge in [-0.2, -0.15) is 0 Å². The number of hydrogen-bond donors (Lipinski definition) is 1. The molecule has 2 aliphatic rings. The van der Waals surface area contributed by atoms with Crippen LogP contribution in [0.3, 0.4) is 0 Å². The summed E-state index contributed by atoms with van der Waals surface area (Å²) in [6.07, 6.45) is 4.80. The predicted molar refractivity (Wildman–Crippen MR) is 99.0 cm³/mol. The second kappa shape index (κ2) is 7.27. The van der Waals surface area contributed by atoms with E-state index in [1.165, 1.54) is 49.2 Å². The zero-order valence-electron chi connectivity index (χ0n) is 14.2. The molecule has 0 aromatic heterocycles. The fraction of sp³-hybridized carbons (Fsp3) is 0.429. The average Bonchev–Trinajstić information content (AvgIpc) is 3.08. The van der Waals surface area contributed by atoms with Gasteiger partial charge in [-0.1, -0.05) is 24.3 Å². The van der Waals surface area contributed by atoms with Crippen LogP contribution in [0.5, 0.6) is 5.75 Å². The molecule has 3 heteroatoms. The van der Waals surface area contributed by atoms with E-state index in [0.717, 1.165) is 25.3 Å². The smallest absolute Gasteiger partial charge is 0.119 e. The summed E-state index contributed by atoms with van der Waals surface area (Å²) in [5, 5.41) is 3.46. The summed E-state index contributed by atoms with van der Waals surface area (Å²) in [6.45, 7) is 4.31. The minimum atomic E-state index is 0.523. The summed E-state index contributed by atoms with van der Waals surface area (Å²) < 4.78 is 5.89. The van der Waals surface area contributed by atoms with E-state index >= 15 is 0 Å². The Hall–Kier alpha value is -2.00. The minimum absolute atomic E-state index is 0.523. The lowest BCUT2D eigenvalue weighted by molar-refractivity contribution is 0.277. The molecule has 3 nitrogen and oxygen atoms in total. The zero-order chi connectivity index (χ0) is 16.2. The summed E-state index contributed by atoms with van der Waals surface area (Å²) in [5.41, 5.74) is 4.05. The van der Waals surface area contributed by atoms with E-state index in [4.69, 9.17) is 4.74 Å². The van der Waals surface area contributed by atoms with Gasteiger partial charge in [-0.15, -0.1) is 0 Å². The van der Waals surface area contributed by atoms with E-state index < -0.39 is 0 Å². The van der Waals surface area contributed by atoms with Crippen LogP contribution in [0.15, 0.2) is 48.5 Å². The van der Waals surface area contributed by atoms with Crippen molar-refractivity contribution in [3.05, 3.63) is 59.7 Å². The van der Waals surface area contributed by atoms with Crippen molar-refractivity contribution in [2.24, 2.45) is 0 Å².